The number of hydrogen-bond donors (Lipinski definition) is 1. The van der Waals surface area contributed by atoms with Gasteiger partial charge in [0, 0.05) is 5.02 Å². The smallest absolute Gasteiger partial charge is 0.344 e. The summed E-state index contributed by atoms with van der Waals surface area (Å²) in [5.74, 6) is -0.734. The number of hydrogen-bond acceptors (Lipinski definition) is 2. The number of ether oxygens (including phenoxy) is 1. The van der Waals surface area contributed by atoms with Crippen LogP contribution in [0.25, 0.3) is 0 Å². The average Bonchev–Trinajstić information content (AvgIpc) is 2.09. The van der Waals surface area contributed by atoms with Crippen molar-refractivity contribution in [3.63, 3.8) is 0 Å². The standard InChI is InChI=1S/C9H8Cl2O3/c1-5(9(12)13)14-8-3-2-6(10)4-7(8)11/h2-5H,1H3,(H,12,13)/t5-/m1/s1. The van der Waals surface area contributed by atoms with Crippen molar-refractivity contribution in [2.75, 3.05) is 0 Å². The van der Waals surface area contributed by atoms with Gasteiger partial charge in [0.05, 0.1) is 5.02 Å². The minimum Gasteiger partial charge on any atom is -0.479 e. The molecule has 0 saturated heterocycles. The fourth-order valence-electron chi connectivity index (χ4n) is 0.812. The molecule has 0 aliphatic heterocycles. The van der Waals surface area contributed by atoms with Gasteiger partial charge < -0.3 is 9.84 Å². The summed E-state index contributed by atoms with van der Waals surface area (Å²) in [6.07, 6.45) is -0.936. The molecule has 1 N–H and O–H groups in total. The molecule has 0 heterocycles. The van der Waals surface area contributed by atoms with Crippen molar-refractivity contribution < 1.29 is 14.6 Å². The lowest BCUT2D eigenvalue weighted by Crippen LogP contribution is -2.22. The first-order valence-corrected chi connectivity index (χ1v) is 4.61. The van der Waals surface area contributed by atoms with Gasteiger partial charge in [-0.15, -0.1) is 0 Å². The van der Waals surface area contributed by atoms with E-state index in [1.165, 1.54) is 19.1 Å². The lowest BCUT2D eigenvalue weighted by Gasteiger charge is -2.11. The minimum absolute atomic E-state index is 0.297. The molecule has 0 amide bonds. The van der Waals surface area contributed by atoms with Crippen LogP contribution in [0.4, 0.5) is 0 Å². The summed E-state index contributed by atoms with van der Waals surface area (Å²) in [6, 6.07) is 4.61. The Balaban J connectivity index is 2.82. The topological polar surface area (TPSA) is 46.5 Å². The van der Waals surface area contributed by atoms with E-state index in [1.807, 2.05) is 0 Å². The summed E-state index contributed by atoms with van der Waals surface area (Å²) in [5, 5.41) is 9.37. The van der Waals surface area contributed by atoms with Crippen LogP contribution in [0.1, 0.15) is 6.92 Å². The fourth-order valence-corrected chi connectivity index (χ4v) is 1.26. The Kier molecular flexibility index (Phi) is 3.61. The molecule has 1 aromatic rings. The third-order valence-corrected chi connectivity index (χ3v) is 2.08. The highest BCUT2D eigenvalue weighted by molar-refractivity contribution is 6.35. The van der Waals surface area contributed by atoms with Crippen molar-refractivity contribution >= 4 is 29.2 Å². The number of halogens is 2. The highest BCUT2D eigenvalue weighted by Crippen LogP contribution is 2.28. The van der Waals surface area contributed by atoms with Crippen LogP contribution in [-0.2, 0) is 4.79 Å². The third kappa shape index (κ3) is 2.79. The van der Waals surface area contributed by atoms with Crippen LogP contribution in [0, 0.1) is 0 Å². The number of aliphatic carboxylic acids is 1. The summed E-state index contributed by atoms with van der Waals surface area (Å²) >= 11 is 11.4. The SMILES string of the molecule is C[C@@H](Oc1ccc(Cl)cc1Cl)C(=O)O. The summed E-state index contributed by atoms with van der Waals surface area (Å²) in [4.78, 5) is 10.5. The molecule has 14 heavy (non-hydrogen) atoms. The van der Waals surface area contributed by atoms with E-state index in [9.17, 15) is 4.79 Å². The second-order valence-corrected chi connectivity index (χ2v) is 3.52. The van der Waals surface area contributed by atoms with E-state index < -0.39 is 12.1 Å². The first-order chi connectivity index (χ1) is 6.50. The van der Waals surface area contributed by atoms with E-state index in [1.54, 1.807) is 6.07 Å². The van der Waals surface area contributed by atoms with Crippen molar-refractivity contribution in [2.45, 2.75) is 13.0 Å². The van der Waals surface area contributed by atoms with Gasteiger partial charge in [-0.25, -0.2) is 4.79 Å². The Labute approximate surface area is 91.2 Å². The maximum Gasteiger partial charge on any atom is 0.344 e. The van der Waals surface area contributed by atoms with Crippen LogP contribution in [0.2, 0.25) is 10.0 Å². The normalized spacial score (nSPS) is 12.2. The van der Waals surface area contributed by atoms with Gasteiger partial charge in [-0.05, 0) is 25.1 Å². The molecule has 0 aliphatic carbocycles. The van der Waals surface area contributed by atoms with Gasteiger partial charge in [0.1, 0.15) is 5.75 Å². The Morgan fingerprint density at radius 1 is 1.50 bits per heavy atom. The van der Waals surface area contributed by atoms with Crippen molar-refractivity contribution in [3.8, 4) is 5.75 Å². The highest BCUT2D eigenvalue weighted by atomic mass is 35.5. The van der Waals surface area contributed by atoms with Crippen LogP contribution in [0.5, 0.6) is 5.75 Å². The van der Waals surface area contributed by atoms with Gasteiger partial charge in [-0.1, -0.05) is 23.2 Å². The summed E-state index contributed by atoms with van der Waals surface area (Å²) in [6.45, 7) is 1.42. The zero-order chi connectivity index (χ0) is 10.7. The van der Waals surface area contributed by atoms with Crippen molar-refractivity contribution in [1.82, 2.24) is 0 Å². The van der Waals surface area contributed by atoms with Gasteiger partial charge in [0.15, 0.2) is 6.10 Å². The zero-order valence-electron chi connectivity index (χ0n) is 7.33. The van der Waals surface area contributed by atoms with Crippen molar-refractivity contribution in [3.05, 3.63) is 28.2 Å². The maximum absolute atomic E-state index is 10.5. The third-order valence-electron chi connectivity index (χ3n) is 1.55. The van der Waals surface area contributed by atoms with Crippen LogP contribution >= 0.6 is 23.2 Å². The van der Waals surface area contributed by atoms with Crippen LogP contribution in [0.3, 0.4) is 0 Å². The molecular formula is C9H8Cl2O3. The second kappa shape index (κ2) is 4.53. The molecule has 5 heteroatoms. The highest BCUT2D eigenvalue weighted by Gasteiger charge is 2.14. The number of benzene rings is 1. The predicted octanol–water partition coefficient (Wildman–Crippen LogP) is 2.85. The Bertz CT molecular complexity index is 352. The van der Waals surface area contributed by atoms with Crippen LogP contribution in [-0.4, -0.2) is 17.2 Å². The molecule has 1 aromatic carbocycles. The molecule has 0 aliphatic rings. The predicted molar refractivity (Wildman–Crippen MR) is 54.2 cm³/mol. The van der Waals surface area contributed by atoms with Gasteiger partial charge in [0.2, 0.25) is 0 Å². The largest absolute Gasteiger partial charge is 0.479 e. The van der Waals surface area contributed by atoms with Crippen molar-refractivity contribution in [2.24, 2.45) is 0 Å². The molecule has 0 spiro atoms. The Morgan fingerprint density at radius 3 is 2.64 bits per heavy atom. The van der Waals surface area contributed by atoms with E-state index >= 15 is 0 Å². The van der Waals surface area contributed by atoms with Gasteiger partial charge in [-0.2, -0.15) is 0 Å². The molecule has 1 rings (SSSR count). The number of carboxylic acid groups (broad SMARTS) is 1. The maximum atomic E-state index is 10.5. The van der Waals surface area contributed by atoms with Crippen LogP contribution in [0.15, 0.2) is 18.2 Å². The molecule has 0 radical (unpaired) electrons. The molecule has 0 aromatic heterocycles. The van der Waals surface area contributed by atoms with E-state index in [4.69, 9.17) is 33.0 Å². The average molecular weight is 235 g/mol. The van der Waals surface area contributed by atoms with Gasteiger partial charge >= 0.3 is 5.97 Å². The first kappa shape index (κ1) is 11.1. The zero-order valence-corrected chi connectivity index (χ0v) is 8.84. The molecule has 0 bridgehead atoms. The lowest BCUT2D eigenvalue weighted by atomic mass is 10.3. The Morgan fingerprint density at radius 2 is 2.14 bits per heavy atom. The number of carboxylic acids is 1. The summed E-state index contributed by atoms with van der Waals surface area (Å²) in [7, 11) is 0. The number of carbonyl (C=O) groups is 1. The van der Waals surface area contributed by atoms with Crippen LogP contribution < -0.4 is 4.74 Å². The molecular weight excluding hydrogens is 227 g/mol. The van der Waals surface area contributed by atoms with Gasteiger partial charge in [-0.3, -0.25) is 0 Å². The number of rotatable bonds is 3. The quantitative estimate of drug-likeness (QED) is 0.876. The van der Waals surface area contributed by atoms with E-state index in [-0.39, 0.29) is 0 Å². The summed E-state index contributed by atoms with van der Waals surface area (Å²) in [5.41, 5.74) is 0. The Hall–Kier alpha value is -0.930. The van der Waals surface area contributed by atoms with E-state index in [0.717, 1.165) is 0 Å². The lowest BCUT2D eigenvalue weighted by molar-refractivity contribution is -0.144. The molecule has 0 unspecified atom stereocenters. The molecule has 76 valence electrons. The molecule has 3 nitrogen and oxygen atoms in total. The van der Waals surface area contributed by atoms with Gasteiger partial charge in [0.25, 0.3) is 0 Å². The molecule has 0 fully saturated rings. The molecule has 1 atom stereocenters. The van der Waals surface area contributed by atoms with Crippen molar-refractivity contribution in [1.29, 1.82) is 0 Å². The van der Waals surface area contributed by atoms with E-state index in [2.05, 4.69) is 0 Å². The first-order valence-electron chi connectivity index (χ1n) is 3.85. The fraction of sp³-hybridized carbons (Fsp3) is 0.222. The molecule has 0 saturated carbocycles. The van der Waals surface area contributed by atoms with E-state index in [0.29, 0.717) is 15.8 Å². The second-order valence-electron chi connectivity index (χ2n) is 2.67. The summed E-state index contributed by atoms with van der Waals surface area (Å²) < 4.78 is 5.07. The monoisotopic (exact) mass is 234 g/mol. The minimum atomic E-state index is -1.05.